The zero-order chi connectivity index (χ0) is 20.5. The van der Waals surface area contributed by atoms with Crippen LogP contribution in [0.15, 0.2) is 24.8 Å². The molecule has 1 heterocycles. The SMILES string of the molecule is C=CCOc1cc(Cl)c(Cl)cc1C(N[S+]([O-])C(C)(C)C)[C@H]1C[C@H]2CNC[C@H]2C1. The molecular weight excluding hydrogens is 415 g/mol. The van der Waals surface area contributed by atoms with Gasteiger partial charge in [-0.3, -0.25) is 0 Å². The predicted molar refractivity (Wildman–Crippen MR) is 118 cm³/mol. The number of hydrogen-bond donors (Lipinski definition) is 2. The Hall–Kier alpha value is -0.430. The van der Waals surface area contributed by atoms with Gasteiger partial charge in [-0.2, -0.15) is 0 Å². The monoisotopic (exact) mass is 444 g/mol. The minimum absolute atomic E-state index is 0.111. The Morgan fingerprint density at radius 2 is 1.89 bits per heavy atom. The van der Waals surface area contributed by atoms with Gasteiger partial charge in [-0.05, 0) is 70.5 Å². The number of ether oxygens (including phenoxy) is 1. The summed E-state index contributed by atoms with van der Waals surface area (Å²) in [6.07, 6.45) is 3.89. The summed E-state index contributed by atoms with van der Waals surface area (Å²) in [7, 11) is 0. The lowest BCUT2D eigenvalue weighted by Gasteiger charge is -2.32. The summed E-state index contributed by atoms with van der Waals surface area (Å²) in [5, 5.41) is 4.42. The normalized spacial score (nSPS) is 26.7. The van der Waals surface area contributed by atoms with Crippen LogP contribution in [0.2, 0.25) is 10.0 Å². The van der Waals surface area contributed by atoms with Gasteiger partial charge in [-0.15, -0.1) is 4.72 Å². The van der Waals surface area contributed by atoms with E-state index in [1.807, 2.05) is 26.8 Å². The molecule has 2 fully saturated rings. The first-order chi connectivity index (χ1) is 13.2. The first-order valence-corrected chi connectivity index (χ1v) is 11.7. The Morgan fingerprint density at radius 1 is 1.29 bits per heavy atom. The molecule has 0 spiro atoms. The number of nitrogens with one attached hydrogen (secondary N) is 2. The zero-order valence-electron chi connectivity index (χ0n) is 16.8. The van der Waals surface area contributed by atoms with Gasteiger partial charge >= 0.3 is 0 Å². The van der Waals surface area contributed by atoms with Crippen LogP contribution in [0.1, 0.15) is 45.2 Å². The first-order valence-electron chi connectivity index (χ1n) is 9.82. The average molecular weight is 445 g/mol. The summed E-state index contributed by atoms with van der Waals surface area (Å²) in [4.78, 5) is 0. The first kappa shape index (κ1) is 22.3. The molecule has 1 aromatic rings. The highest BCUT2D eigenvalue weighted by Crippen LogP contribution is 2.47. The summed E-state index contributed by atoms with van der Waals surface area (Å²) in [5.41, 5.74) is 0.923. The van der Waals surface area contributed by atoms with E-state index in [-0.39, 0.29) is 10.8 Å². The third kappa shape index (κ3) is 5.00. The highest BCUT2D eigenvalue weighted by molar-refractivity contribution is 7.90. The Balaban J connectivity index is 1.96. The van der Waals surface area contributed by atoms with Crippen LogP contribution < -0.4 is 14.8 Å². The quantitative estimate of drug-likeness (QED) is 0.463. The van der Waals surface area contributed by atoms with Crippen molar-refractivity contribution in [2.24, 2.45) is 17.8 Å². The number of rotatable bonds is 7. The largest absolute Gasteiger partial charge is 0.598 e. The fourth-order valence-corrected chi connectivity index (χ4v) is 5.48. The van der Waals surface area contributed by atoms with Gasteiger partial charge in [0, 0.05) is 23.0 Å². The average Bonchev–Trinajstić information content (AvgIpc) is 3.21. The van der Waals surface area contributed by atoms with E-state index >= 15 is 0 Å². The van der Waals surface area contributed by atoms with Crippen LogP contribution in [0.4, 0.5) is 0 Å². The van der Waals surface area contributed by atoms with Gasteiger partial charge in [-0.1, -0.05) is 35.9 Å². The number of halogens is 2. The fourth-order valence-electron chi connectivity index (χ4n) is 4.25. The number of benzene rings is 1. The molecule has 5 atom stereocenters. The van der Waals surface area contributed by atoms with Crippen molar-refractivity contribution in [2.45, 2.75) is 44.4 Å². The van der Waals surface area contributed by atoms with Crippen molar-refractivity contribution in [1.82, 2.24) is 10.0 Å². The highest BCUT2D eigenvalue weighted by atomic mass is 35.5. The second kappa shape index (κ2) is 9.15. The molecule has 1 saturated carbocycles. The molecule has 3 rings (SSSR count). The van der Waals surface area contributed by atoms with Crippen molar-refractivity contribution in [2.75, 3.05) is 19.7 Å². The van der Waals surface area contributed by atoms with Crippen molar-refractivity contribution in [3.8, 4) is 5.75 Å². The van der Waals surface area contributed by atoms with Gasteiger partial charge in [-0.25, -0.2) is 0 Å². The Kier molecular flexibility index (Phi) is 7.28. The smallest absolute Gasteiger partial charge is 0.136 e. The Labute approximate surface area is 181 Å². The Morgan fingerprint density at radius 3 is 2.46 bits per heavy atom. The van der Waals surface area contributed by atoms with Gasteiger partial charge in [0.2, 0.25) is 0 Å². The molecule has 0 radical (unpaired) electrons. The zero-order valence-corrected chi connectivity index (χ0v) is 19.1. The molecule has 2 aliphatic rings. The molecule has 1 aromatic carbocycles. The van der Waals surface area contributed by atoms with Crippen LogP contribution in [-0.2, 0) is 11.4 Å². The minimum Gasteiger partial charge on any atom is -0.598 e. The summed E-state index contributed by atoms with van der Waals surface area (Å²) < 4.78 is 22.0. The third-order valence-corrected chi connectivity index (χ3v) is 8.00. The van der Waals surface area contributed by atoms with Gasteiger partial charge < -0.3 is 14.6 Å². The maximum atomic E-state index is 13.0. The lowest BCUT2D eigenvalue weighted by Crippen LogP contribution is -2.43. The number of fused-ring (bicyclic) bond motifs is 1. The van der Waals surface area contributed by atoms with E-state index in [0.717, 1.165) is 31.5 Å². The standard InChI is InChI=1S/C21H30Cl2N2O2S/c1-5-6-27-19-10-18(23)17(22)9-16(19)20(25-28(26)21(2,3)4)13-7-14-11-24-12-15(14)8-13/h5,9-10,13-15,20,24-25H,1,6-8,11-12H2,2-4H3/t13-,14-,15+,20?,28?. The van der Waals surface area contributed by atoms with Crippen molar-refractivity contribution >= 4 is 34.6 Å². The molecular formula is C21H30Cl2N2O2S. The van der Waals surface area contributed by atoms with E-state index in [0.29, 0.717) is 40.2 Å². The second-order valence-corrected chi connectivity index (χ2v) is 11.6. The van der Waals surface area contributed by atoms with Crippen molar-refractivity contribution in [3.05, 3.63) is 40.4 Å². The van der Waals surface area contributed by atoms with Crippen molar-refractivity contribution in [3.63, 3.8) is 0 Å². The third-order valence-electron chi connectivity index (χ3n) is 5.70. The summed E-state index contributed by atoms with van der Waals surface area (Å²) in [5.74, 6) is 2.40. The molecule has 1 saturated heterocycles. The molecule has 1 aliphatic heterocycles. The maximum Gasteiger partial charge on any atom is 0.136 e. The summed E-state index contributed by atoms with van der Waals surface area (Å²) >= 11 is 11.4. The molecule has 2 unspecified atom stereocenters. The van der Waals surface area contributed by atoms with E-state index < -0.39 is 11.4 Å². The topological polar surface area (TPSA) is 56.3 Å². The molecule has 28 heavy (non-hydrogen) atoms. The summed E-state index contributed by atoms with van der Waals surface area (Å²) in [6, 6.07) is 3.52. The van der Waals surface area contributed by atoms with E-state index in [4.69, 9.17) is 27.9 Å². The molecule has 0 amide bonds. The van der Waals surface area contributed by atoms with E-state index in [2.05, 4.69) is 16.6 Å². The van der Waals surface area contributed by atoms with Crippen LogP contribution >= 0.6 is 23.2 Å². The van der Waals surface area contributed by atoms with Gasteiger partial charge in [0.15, 0.2) is 0 Å². The lowest BCUT2D eigenvalue weighted by atomic mass is 9.90. The maximum absolute atomic E-state index is 13.0. The predicted octanol–water partition coefficient (Wildman–Crippen LogP) is 4.90. The van der Waals surface area contributed by atoms with E-state index in [9.17, 15) is 4.55 Å². The van der Waals surface area contributed by atoms with Crippen LogP contribution in [0.25, 0.3) is 0 Å². The van der Waals surface area contributed by atoms with Crippen molar-refractivity contribution in [1.29, 1.82) is 0 Å². The molecule has 0 bridgehead atoms. The highest BCUT2D eigenvalue weighted by Gasteiger charge is 2.44. The molecule has 7 heteroatoms. The fraction of sp³-hybridized carbons (Fsp3) is 0.619. The van der Waals surface area contributed by atoms with E-state index in [1.165, 1.54) is 0 Å². The lowest BCUT2D eigenvalue weighted by molar-refractivity contribution is 0.334. The van der Waals surface area contributed by atoms with Crippen LogP contribution in [-0.4, -0.2) is 29.0 Å². The number of hydrogen-bond acceptors (Lipinski definition) is 4. The molecule has 4 nitrogen and oxygen atoms in total. The van der Waals surface area contributed by atoms with Gasteiger partial charge in [0.25, 0.3) is 0 Å². The van der Waals surface area contributed by atoms with Crippen LogP contribution in [0, 0.1) is 17.8 Å². The van der Waals surface area contributed by atoms with E-state index in [1.54, 1.807) is 12.1 Å². The van der Waals surface area contributed by atoms with Gasteiger partial charge in [0.05, 0.1) is 16.1 Å². The molecule has 1 aliphatic carbocycles. The summed E-state index contributed by atoms with van der Waals surface area (Å²) in [6.45, 7) is 12.2. The molecule has 156 valence electrons. The Bertz CT molecular complexity index is 698. The minimum atomic E-state index is -1.21. The second-order valence-electron chi connectivity index (χ2n) is 8.79. The van der Waals surface area contributed by atoms with Gasteiger partial charge in [0.1, 0.15) is 17.1 Å². The van der Waals surface area contributed by atoms with Crippen LogP contribution in [0.3, 0.4) is 0 Å². The molecule has 0 aromatic heterocycles. The molecule has 2 N–H and O–H groups in total. The van der Waals surface area contributed by atoms with Crippen LogP contribution in [0.5, 0.6) is 5.75 Å². The van der Waals surface area contributed by atoms with Crippen molar-refractivity contribution < 1.29 is 9.29 Å².